The molecule has 0 fully saturated rings. The number of pyridine rings is 1. The van der Waals surface area contributed by atoms with Crippen LogP contribution in [0.4, 0.5) is 16.3 Å². The van der Waals surface area contributed by atoms with Gasteiger partial charge in [-0.2, -0.15) is 0 Å². The third-order valence-electron chi connectivity index (χ3n) is 3.91. The lowest BCUT2D eigenvalue weighted by atomic mass is 10.1. The summed E-state index contributed by atoms with van der Waals surface area (Å²) in [6.45, 7) is 0. The van der Waals surface area contributed by atoms with Crippen molar-refractivity contribution in [3.63, 3.8) is 0 Å². The molecule has 2 N–H and O–H groups in total. The normalized spacial score (nSPS) is 10.7. The molecule has 0 radical (unpaired) electrons. The Morgan fingerprint density at radius 2 is 1.46 bits per heavy atom. The number of anilines is 2. The summed E-state index contributed by atoms with van der Waals surface area (Å²) in [4.78, 5) is 16.6. The Morgan fingerprint density at radius 1 is 0.750 bits per heavy atom. The number of rotatable bonds is 2. The third kappa shape index (κ3) is 2.77. The molecule has 0 saturated carbocycles. The van der Waals surface area contributed by atoms with E-state index in [9.17, 15) is 4.79 Å². The van der Waals surface area contributed by atoms with Crippen LogP contribution in [-0.2, 0) is 0 Å². The predicted molar refractivity (Wildman–Crippen MR) is 98.3 cm³/mol. The highest BCUT2D eigenvalue weighted by molar-refractivity contribution is 6.06. The first-order valence-corrected chi connectivity index (χ1v) is 7.70. The molecular weight excluding hydrogens is 298 g/mol. The van der Waals surface area contributed by atoms with E-state index in [1.165, 1.54) is 0 Å². The van der Waals surface area contributed by atoms with Gasteiger partial charge in [-0.05, 0) is 22.9 Å². The lowest BCUT2D eigenvalue weighted by Gasteiger charge is -2.10. The van der Waals surface area contributed by atoms with Gasteiger partial charge in [0, 0.05) is 17.0 Å². The first-order valence-electron chi connectivity index (χ1n) is 7.70. The average molecular weight is 313 g/mol. The zero-order valence-corrected chi connectivity index (χ0v) is 12.9. The molecule has 1 aromatic heterocycles. The van der Waals surface area contributed by atoms with Crippen LogP contribution in [0.15, 0.2) is 79.0 Å². The van der Waals surface area contributed by atoms with Crippen molar-refractivity contribution in [2.45, 2.75) is 0 Å². The van der Waals surface area contributed by atoms with Crippen molar-refractivity contribution < 1.29 is 4.79 Å². The summed E-state index contributed by atoms with van der Waals surface area (Å²) < 4.78 is 0. The van der Waals surface area contributed by atoms with Crippen LogP contribution in [0.5, 0.6) is 0 Å². The number of aromatic nitrogens is 1. The fourth-order valence-electron chi connectivity index (χ4n) is 2.76. The molecule has 0 spiro atoms. The summed E-state index contributed by atoms with van der Waals surface area (Å²) in [6, 6.07) is 23.2. The number of amides is 2. The van der Waals surface area contributed by atoms with E-state index in [1.807, 2.05) is 72.8 Å². The molecule has 2 amide bonds. The summed E-state index contributed by atoms with van der Waals surface area (Å²) in [5.41, 5.74) is 0.770. The molecule has 0 aliphatic heterocycles. The van der Waals surface area contributed by atoms with Crippen LogP contribution >= 0.6 is 0 Å². The zero-order valence-electron chi connectivity index (χ0n) is 12.9. The van der Waals surface area contributed by atoms with Crippen LogP contribution < -0.4 is 10.6 Å². The van der Waals surface area contributed by atoms with Gasteiger partial charge in [-0.3, -0.25) is 5.32 Å². The van der Waals surface area contributed by atoms with Crippen LogP contribution in [0.1, 0.15) is 0 Å². The molecule has 0 unspecified atom stereocenters. The second kappa shape index (κ2) is 6.01. The second-order valence-electron chi connectivity index (χ2n) is 5.52. The van der Waals surface area contributed by atoms with Crippen LogP contribution in [-0.4, -0.2) is 11.0 Å². The van der Waals surface area contributed by atoms with Crippen molar-refractivity contribution in [3.8, 4) is 0 Å². The quantitative estimate of drug-likeness (QED) is 0.545. The van der Waals surface area contributed by atoms with E-state index < -0.39 is 0 Å². The maximum atomic E-state index is 12.3. The summed E-state index contributed by atoms with van der Waals surface area (Å²) in [5, 5.41) is 9.84. The Labute approximate surface area is 139 Å². The Hall–Kier alpha value is -3.40. The molecule has 0 saturated heterocycles. The van der Waals surface area contributed by atoms with Crippen LogP contribution in [0.2, 0.25) is 0 Å². The highest BCUT2D eigenvalue weighted by Gasteiger charge is 2.07. The monoisotopic (exact) mass is 313 g/mol. The maximum Gasteiger partial charge on any atom is 0.324 e. The highest BCUT2D eigenvalue weighted by Crippen LogP contribution is 2.23. The molecule has 0 bridgehead atoms. The molecule has 0 aliphatic carbocycles. The lowest BCUT2D eigenvalue weighted by molar-refractivity contribution is 0.262. The van der Waals surface area contributed by atoms with Crippen molar-refractivity contribution in [1.29, 1.82) is 0 Å². The van der Waals surface area contributed by atoms with Gasteiger partial charge in [-0.25, -0.2) is 9.78 Å². The Balaban J connectivity index is 1.57. The van der Waals surface area contributed by atoms with Crippen molar-refractivity contribution in [3.05, 3.63) is 79.0 Å². The van der Waals surface area contributed by atoms with E-state index in [0.717, 1.165) is 27.2 Å². The number of nitrogens with one attached hydrogen (secondary N) is 2. The largest absolute Gasteiger partial charge is 0.324 e. The van der Waals surface area contributed by atoms with E-state index in [2.05, 4.69) is 15.6 Å². The van der Waals surface area contributed by atoms with Crippen LogP contribution in [0.3, 0.4) is 0 Å². The number of benzene rings is 3. The van der Waals surface area contributed by atoms with Crippen LogP contribution in [0.25, 0.3) is 21.5 Å². The summed E-state index contributed by atoms with van der Waals surface area (Å²) in [5.74, 6) is 0.520. The van der Waals surface area contributed by atoms with Gasteiger partial charge < -0.3 is 5.32 Å². The van der Waals surface area contributed by atoms with Gasteiger partial charge in [0.15, 0.2) is 0 Å². The Kier molecular flexibility index (Phi) is 3.56. The minimum atomic E-state index is -0.311. The molecule has 4 heteroatoms. The van der Waals surface area contributed by atoms with Gasteiger partial charge >= 0.3 is 6.03 Å². The molecule has 0 atom stereocenters. The Morgan fingerprint density at radius 3 is 2.33 bits per heavy atom. The number of carbonyl (C=O) groups is 1. The van der Waals surface area contributed by atoms with E-state index >= 15 is 0 Å². The standard InChI is InChI=1S/C20H15N3O/c24-20(22-18-11-5-9-14-6-3-4-10-17(14)18)23-19-12-15-7-1-2-8-16(15)13-21-19/h1-13H,(H2,21,22,23,24). The molecule has 116 valence electrons. The summed E-state index contributed by atoms with van der Waals surface area (Å²) in [7, 11) is 0. The fourth-order valence-corrected chi connectivity index (χ4v) is 2.76. The lowest BCUT2D eigenvalue weighted by Crippen LogP contribution is -2.20. The van der Waals surface area contributed by atoms with Gasteiger partial charge in [-0.15, -0.1) is 0 Å². The minimum Gasteiger partial charge on any atom is -0.307 e. The molecule has 0 aliphatic rings. The first-order chi connectivity index (χ1) is 11.8. The number of fused-ring (bicyclic) bond motifs is 2. The fraction of sp³-hybridized carbons (Fsp3) is 0. The van der Waals surface area contributed by atoms with E-state index in [-0.39, 0.29) is 6.03 Å². The summed E-state index contributed by atoms with van der Waals surface area (Å²) in [6.07, 6.45) is 1.75. The number of nitrogens with zero attached hydrogens (tertiary/aromatic N) is 1. The maximum absolute atomic E-state index is 12.3. The molecule has 24 heavy (non-hydrogen) atoms. The molecule has 3 aromatic carbocycles. The van der Waals surface area contributed by atoms with E-state index in [1.54, 1.807) is 6.20 Å². The third-order valence-corrected chi connectivity index (χ3v) is 3.91. The topological polar surface area (TPSA) is 54.0 Å². The van der Waals surface area contributed by atoms with Gasteiger partial charge in [0.25, 0.3) is 0 Å². The van der Waals surface area contributed by atoms with Gasteiger partial charge in [-0.1, -0.05) is 60.7 Å². The molecule has 4 rings (SSSR count). The molecular formula is C20H15N3O. The van der Waals surface area contributed by atoms with Crippen molar-refractivity contribution in [1.82, 2.24) is 4.98 Å². The zero-order chi connectivity index (χ0) is 16.4. The predicted octanol–water partition coefficient (Wildman–Crippen LogP) is 5.03. The van der Waals surface area contributed by atoms with E-state index in [0.29, 0.717) is 5.82 Å². The number of hydrogen-bond donors (Lipinski definition) is 2. The minimum absolute atomic E-state index is 0.311. The molecule has 1 heterocycles. The van der Waals surface area contributed by atoms with Crippen LogP contribution in [0, 0.1) is 0 Å². The smallest absolute Gasteiger partial charge is 0.307 e. The number of urea groups is 1. The SMILES string of the molecule is O=C(Nc1cc2ccccc2cn1)Nc1cccc2ccccc12. The van der Waals surface area contributed by atoms with Crippen molar-refractivity contribution in [2.75, 3.05) is 10.6 Å². The average Bonchev–Trinajstić information content (AvgIpc) is 2.62. The van der Waals surface area contributed by atoms with Crippen molar-refractivity contribution in [2.24, 2.45) is 0 Å². The van der Waals surface area contributed by atoms with Gasteiger partial charge in [0.05, 0.1) is 5.69 Å². The van der Waals surface area contributed by atoms with Gasteiger partial charge in [0.2, 0.25) is 0 Å². The molecule has 4 nitrogen and oxygen atoms in total. The van der Waals surface area contributed by atoms with Gasteiger partial charge in [0.1, 0.15) is 5.82 Å². The van der Waals surface area contributed by atoms with Crippen molar-refractivity contribution >= 4 is 39.1 Å². The molecule has 4 aromatic rings. The second-order valence-corrected chi connectivity index (χ2v) is 5.52. The first kappa shape index (κ1) is 14.2. The summed E-state index contributed by atoms with van der Waals surface area (Å²) >= 11 is 0. The van der Waals surface area contributed by atoms with E-state index in [4.69, 9.17) is 0 Å². The number of carbonyl (C=O) groups excluding carboxylic acids is 1. The number of hydrogen-bond acceptors (Lipinski definition) is 2. The Bertz CT molecular complexity index is 1040. The highest BCUT2D eigenvalue weighted by atomic mass is 16.2.